The fourth-order valence-electron chi connectivity index (χ4n) is 3.06. The number of hydrogen-bond acceptors (Lipinski definition) is 5. The smallest absolute Gasteiger partial charge is 0.164 e. The van der Waals surface area contributed by atoms with E-state index in [1.54, 1.807) is 27.5 Å². The second-order valence-corrected chi connectivity index (χ2v) is 5.88. The van der Waals surface area contributed by atoms with Crippen LogP contribution in [0.25, 0.3) is 28.2 Å². The molecule has 4 rings (SSSR count). The van der Waals surface area contributed by atoms with Crippen LogP contribution in [0.3, 0.4) is 0 Å². The van der Waals surface area contributed by atoms with Crippen molar-refractivity contribution in [2.45, 2.75) is 0 Å². The molecule has 0 amide bonds. The number of hydrogen-bond donors (Lipinski definition) is 0. The molecule has 0 aliphatic heterocycles. The van der Waals surface area contributed by atoms with Crippen molar-refractivity contribution in [1.82, 2.24) is 14.5 Å². The summed E-state index contributed by atoms with van der Waals surface area (Å²) < 4.78 is 18.3. The molecule has 0 radical (unpaired) electrons. The number of rotatable bonds is 5. The number of imidazole rings is 1. The van der Waals surface area contributed by atoms with Gasteiger partial charge in [0.05, 0.1) is 26.9 Å². The zero-order valence-corrected chi connectivity index (χ0v) is 15.3. The van der Waals surface area contributed by atoms with E-state index in [1.165, 1.54) is 0 Å². The molecule has 0 unspecified atom stereocenters. The molecule has 0 spiro atoms. The molecule has 0 aliphatic rings. The van der Waals surface area contributed by atoms with E-state index in [2.05, 4.69) is 4.98 Å². The number of aromatic nitrogens is 3. The highest BCUT2D eigenvalue weighted by Crippen LogP contribution is 2.36. The number of fused-ring (bicyclic) bond motifs is 1. The maximum Gasteiger partial charge on any atom is 0.164 e. The highest BCUT2D eigenvalue weighted by atomic mass is 16.5. The first-order chi connectivity index (χ1) is 13.2. The summed E-state index contributed by atoms with van der Waals surface area (Å²) in [5.41, 5.74) is 3.32. The van der Waals surface area contributed by atoms with E-state index in [1.807, 2.05) is 59.2 Å². The molecule has 4 aromatic rings. The average Bonchev–Trinajstić information content (AvgIpc) is 3.12. The molecule has 2 aromatic heterocycles. The Balaban J connectivity index is 2.01. The van der Waals surface area contributed by atoms with Crippen molar-refractivity contribution in [3.8, 4) is 34.3 Å². The zero-order valence-electron chi connectivity index (χ0n) is 15.3. The minimum atomic E-state index is 0.709. The van der Waals surface area contributed by atoms with Crippen molar-refractivity contribution in [1.29, 1.82) is 0 Å². The van der Waals surface area contributed by atoms with Crippen LogP contribution >= 0.6 is 0 Å². The average molecular weight is 361 g/mol. The van der Waals surface area contributed by atoms with Crippen LogP contribution in [0.15, 0.2) is 60.8 Å². The topological polar surface area (TPSA) is 58.4 Å². The summed E-state index contributed by atoms with van der Waals surface area (Å²) in [4.78, 5) is 9.36. The maximum absolute atomic E-state index is 5.57. The number of pyridine rings is 1. The Morgan fingerprint density at radius 1 is 0.815 bits per heavy atom. The third-order valence-corrected chi connectivity index (χ3v) is 4.39. The van der Waals surface area contributed by atoms with Crippen LogP contribution in [-0.2, 0) is 0 Å². The van der Waals surface area contributed by atoms with Crippen LogP contribution in [0.1, 0.15) is 0 Å². The largest absolute Gasteiger partial charge is 0.497 e. The predicted octanol–water partition coefficient (Wildman–Crippen LogP) is 4.11. The fraction of sp³-hybridized carbons (Fsp3) is 0.143. The molecule has 0 aliphatic carbocycles. The lowest BCUT2D eigenvalue weighted by atomic mass is 10.1. The number of nitrogens with zero attached hydrogens (tertiary/aromatic N) is 3. The van der Waals surface area contributed by atoms with Crippen molar-refractivity contribution >= 4 is 11.2 Å². The normalized spacial score (nSPS) is 10.8. The lowest BCUT2D eigenvalue weighted by Gasteiger charge is -2.13. The fourth-order valence-corrected chi connectivity index (χ4v) is 3.06. The summed E-state index contributed by atoms with van der Waals surface area (Å²) >= 11 is 0. The first-order valence-electron chi connectivity index (χ1n) is 8.45. The van der Waals surface area contributed by atoms with Crippen LogP contribution in [-0.4, -0.2) is 35.9 Å². The monoisotopic (exact) mass is 361 g/mol. The Morgan fingerprint density at radius 2 is 1.56 bits per heavy atom. The van der Waals surface area contributed by atoms with Crippen molar-refractivity contribution < 1.29 is 14.2 Å². The van der Waals surface area contributed by atoms with Crippen LogP contribution in [0.5, 0.6) is 17.2 Å². The summed E-state index contributed by atoms with van der Waals surface area (Å²) in [6, 6.07) is 17.3. The van der Waals surface area contributed by atoms with E-state index in [9.17, 15) is 0 Å². The van der Waals surface area contributed by atoms with E-state index in [0.29, 0.717) is 5.75 Å². The predicted molar refractivity (Wildman–Crippen MR) is 104 cm³/mol. The van der Waals surface area contributed by atoms with Crippen molar-refractivity contribution in [3.05, 3.63) is 60.8 Å². The Labute approximate surface area is 157 Å². The van der Waals surface area contributed by atoms with Gasteiger partial charge < -0.3 is 14.2 Å². The van der Waals surface area contributed by atoms with Gasteiger partial charge >= 0.3 is 0 Å². The van der Waals surface area contributed by atoms with Crippen molar-refractivity contribution in [2.24, 2.45) is 0 Å². The Hall–Kier alpha value is -3.54. The molecule has 0 fully saturated rings. The van der Waals surface area contributed by atoms with Gasteiger partial charge in [-0.15, -0.1) is 0 Å². The lowest BCUT2D eigenvalue weighted by molar-refractivity contribution is 0.404. The zero-order chi connectivity index (χ0) is 18.8. The van der Waals surface area contributed by atoms with Crippen molar-refractivity contribution in [2.75, 3.05) is 21.3 Å². The molecule has 0 bridgehead atoms. The van der Waals surface area contributed by atoms with Gasteiger partial charge in [0.2, 0.25) is 0 Å². The minimum Gasteiger partial charge on any atom is -0.497 e. The summed E-state index contributed by atoms with van der Waals surface area (Å²) in [5, 5.41) is 0. The van der Waals surface area contributed by atoms with Gasteiger partial charge in [-0.3, -0.25) is 4.57 Å². The number of benzene rings is 2. The number of ether oxygens (including phenoxy) is 3. The van der Waals surface area contributed by atoms with Crippen LogP contribution in [0, 0.1) is 0 Å². The molecule has 6 heteroatoms. The second-order valence-electron chi connectivity index (χ2n) is 5.88. The molecule has 0 saturated carbocycles. The van der Waals surface area contributed by atoms with Gasteiger partial charge in [0, 0.05) is 11.9 Å². The minimum absolute atomic E-state index is 0.709. The van der Waals surface area contributed by atoms with E-state index in [4.69, 9.17) is 19.2 Å². The summed E-state index contributed by atoms with van der Waals surface area (Å²) in [6.07, 6.45) is 1.76. The summed E-state index contributed by atoms with van der Waals surface area (Å²) in [7, 11) is 4.93. The molecule has 0 saturated heterocycles. The highest BCUT2D eigenvalue weighted by molar-refractivity contribution is 5.82. The molecular weight excluding hydrogens is 342 g/mol. The molecule has 6 nitrogen and oxygen atoms in total. The van der Waals surface area contributed by atoms with E-state index >= 15 is 0 Å². The quantitative estimate of drug-likeness (QED) is 0.535. The molecule has 2 aromatic carbocycles. The van der Waals surface area contributed by atoms with Crippen LogP contribution < -0.4 is 14.2 Å². The van der Waals surface area contributed by atoms with Gasteiger partial charge in [0.15, 0.2) is 11.5 Å². The first-order valence-corrected chi connectivity index (χ1v) is 8.45. The Kier molecular flexibility index (Phi) is 4.38. The van der Waals surface area contributed by atoms with E-state index in [-0.39, 0.29) is 0 Å². The third kappa shape index (κ3) is 2.95. The number of methoxy groups -OCH3 is 3. The highest BCUT2D eigenvalue weighted by Gasteiger charge is 2.19. The molecule has 27 heavy (non-hydrogen) atoms. The Morgan fingerprint density at radius 3 is 2.26 bits per heavy atom. The standard InChI is InChI=1S/C21H19N3O3/c1-25-15-8-6-14(7-9-15)24-20(23-18-5-4-12-22-21(18)24)17-13-16(26-2)10-11-19(17)27-3/h4-13H,1-3H3. The Bertz CT molecular complexity index is 1090. The van der Waals surface area contributed by atoms with Gasteiger partial charge in [-0.1, -0.05) is 0 Å². The van der Waals surface area contributed by atoms with Gasteiger partial charge in [-0.25, -0.2) is 9.97 Å². The summed E-state index contributed by atoms with van der Waals surface area (Å²) in [5.74, 6) is 2.95. The van der Waals surface area contributed by atoms with E-state index in [0.717, 1.165) is 39.7 Å². The first kappa shape index (κ1) is 16.9. The van der Waals surface area contributed by atoms with Gasteiger partial charge in [0.1, 0.15) is 22.8 Å². The van der Waals surface area contributed by atoms with Crippen LogP contribution in [0.2, 0.25) is 0 Å². The van der Waals surface area contributed by atoms with Gasteiger partial charge in [0.25, 0.3) is 0 Å². The summed E-state index contributed by atoms with van der Waals surface area (Å²) in [6.45, 7) is 0. The molecule has 136 valence electrons. The second kappa shape index (κ2) is 6.99. The third-order valence-electron chi connectivity index (χ3n) is 4.39. The SMILES string of the molecule is COc1ccc(-n2c(-c3cc(OC)ccc3OC)nc3cccnc32)cc1. The molecule has 2 heterocycles. The maximum atomic E-state index is 5.57. The van der Waals surface area contributed by atoms with Gasteiger partial charge in [-0.05, 0) is 54.6 Å². The molecular formula is C21H19N3O3. The van der Waals surface area contributed by atoms with Crippen molar-refractivity contribution in [3.63, 3.8) is 0 Å². The van der Waals surface area contributed by atoms with E-state index < -0.39 is 0 Å². The molecule has 0 atom stereocenters. The lowest BCUT2D eigenvalue weighted by Crippen LogP contribution is -2.00. The van der Waals surface area contributed by atoms with Gasteiger partial charge in [-0.2, -0.15) is 0 Å². The van der Waals surface area contributed by atoms with Crippen LogP contribution in [0.4, 0.5) is 0 Å². The molecule has 0 N–H and O–H groups in total.